The van der Waals surface area contributed by atoms with Crippen molar-refractivity contribution in [2.75, 3.05) is 20.1 Å². The van der Waals surface area contributed by atoms with E-state index in [1.165, 1.54) is 0 Å². The lowest BCUT2D eigenvalue weighted by Gasteiger charge is -2.27. The number of amides is 1. The van der Waals surface area contributed by atoms with Crippen molar-refractivity contribution >= 4 is 5.91 Å². The Morgan fingerprint density at radius 2 is 1.82 bits per heavy atom. The number of carbonyl (C=O) groups excluding carboxylic acids is 1. The van der Waals surface area contributed by atoms with E-state index in [9.17, 15) is 4.79 Å². The second-order valence-corrected chi connectivity index (χ2v) is 4.98. The SMILES string of the molecule is CCC(CC)NC(=O)C(C)N(C)CC(C)CN. The fraction of sp³-hybridized carbons (Fsp3) is 0.923. The molecule has 2 atom stereocenters. The first kappa shape index (κ1) is 16.4. The average molecular weight is 243 g/mol. The van der Waals surface area contributed by atoms with Crippen LogP contribution in [0, 0.1) is 5.92 Å². The normalized spacial score (nSPS) is 15.1. The molecule has 0 aromatic rings. The third-order valence-corrected chi connectivity index (χ3v) is 3.37. The molecule has 0 radical (unpaired) electrons. The molecular weight excluding hydrogens is 214 g/mol. The van der Waals surface area contributed by atoms with Crippen LogP contribution in [0.25, 0.3) is 0 Å². The van der Waals surface area contributed by atoms with Crippen molar-refractivity contribution < 1.29 is 4.79 Å². The van der Waals surface area contributed by atoms with Crippen molar-refractivity contribution in [1.29, 1.82) is 0 Å². The molecular formula is C13H29N3O. The molecule has 4 nitrogen and oxygen atoms in total. The van der Waals surface area contributed by atoms with Gasteiger partial charge in [-0.1, -0.05) is 20.8 Å². The predicted octanol–water partition coefficient (Wildman–Crippen LogP) is 1.21. The Kier molecular flexibility index (Phi) is 8.17. The van der Waals surface area contributed by atoms with Gasteiger partial charge in [-0.15, -0.1) is 0 Å². The van der Waals surface area contributed by atoms with Gasteiger partial charge in [0, 0.05) is 12.6 Å². The lowest BCUT2D eigenvalue weighted by molar-refractivity contribution is -0.126. The molecule has 3 N–H and O–H groups in total. The van der Waals surface area contributed by atoms with Gasteiger partial charge in [-0.05, 0) is 39.3 Å². The van der Waals surface area contributed by atoms with E-state index in [4.69, 9.17) is 5.73 Å². The summed E-state index contributed by atoms with van der Waals surface area (Å²) in [6, 6.07) is 0.204. The van der Waals surface area contributed by atoms with E-state index in [1.807, 2.05) is 14.0 Å². The maximum atomic E-state index is 12.0. The molecule has 0 aliphatic rings. The van der Waals surface area contributed by atoms with E-state index in [-0.39, 0.29) is 11.9 Å². The highest BCUT2D eigenvalue weighted by molar-refractivity contribution is 5.81. The molecule has 0 spiro atoms. The number of nitrogens with zero attached hydrogens (tertiary/aromatic N) is 1. The van der Waals surface area contributed by atoms with Gasteiger partial charge in [0.05, 0.1) is 6.04 Å². The Morgan fingerprint density at radius 3 is 2.24 bits per heavy atom. The van der Waals surface area contributed by atoms with E-state index >= 15 is 0 Å². The van der Waals surface area contributed by atoms with Gasteiger partial charge >= 0.3 is 0 Å². The Balaban J connectivity index is 4.19. The molecule has 0 aromatic heterocycles. The number of hydrogen-bond donors (Lipinski definition) is 2. The number of hydrogen-bond acceptors (Lipinski definition) is 3. The molecule has 2 unspecified atom stereocenters. The molecule has 0 saturated heterocycles. The summed E-state index contributed by atoms with van der Waals surface area (Å²) in [4.78, 5) is 14.1. The third kappa shape index (κ3) is 6.03. The predicted molar refractivity (Wildman–Crippen MR) is 72.8 cm³/mol. The van der Waals surface area contributed by atoms with Gasteiger partial charge in [-0.2, -0.15) is 0 Å². The molecule has 0 rings (SSSR count). The Bertz CT molecular complexity index is 217. The van der Waals surface area contributed by atoms with Gasteiger partial charge < -0.3 is 11.1 Å². The van der Waals surface area contributed by atoms with Crippen LogP contribution in [-0.4, -0.2) is 43.0 Å². The molecule has 0 aromatic carbocycles. The van der Waals surface area contributed by atoms with E-state index < -0.39 is 0 Å². The zero-order valence-electron chi connectivity index (χ0n) is 12.0. The lowest BCUT2D eigenvalue weighted by Crippen LogP contribution is -2.48. The van der Waals surface area contributed by atoms with Crippen molar-refractivity contribution in [3.63, 3.8) is 0 Å². The summed E-state index contributed by atoms with van der Waals surface area (Å²) in [6.45, 7) is 9.75. The molecule has 0 heterocycles. The zero-order chi connectivity index (χ0) is 13.4. The van der Waals surface area contributed by atoms with E-state index in [2.05, 4.69) is 31.0 Å². The summed E-state index contributed by atoms with van der Waals surface area (Å²) in [7, 11) is 1.98. The van der Waals surface area contributed by atoms with Crippen LogP contribution in [0.3, 0.4) is 0 Å². The van der Waals surface area contributed by atoms with Crippen molar-refractivity contribution in [1.82, 2.24) is 10.2 Å². The summed E-state index contributed by atoms with van der Waals surface area (Å²) in [5, 5.41) is 3.08. The highest BCUT2D eigenvalue weighted by Gasteiger charge is 2.20. The van der Waals surface area contributed by atoms with Crippen molar-refractivity contribution in [2.45, 2.75) is 52.6 Å². The van der Waals surface area contributed by atoms with E-state index in [0.29, 0.717) is 18.5 Å². The van der Waals surface area contributed by atoms with Crippen LogP contribution in [0.5, 0.6) is 0 Å². The van der Waals surface area contributed by atoms with Crippen LogP contribution in [0.1, 0.15) is 40.5 Å². The standard InChI is InChI=1S/C13H29N3O/c1-6-12(7-2)15-13(17)11(4)16(5)9-10(3)8-14/h10-12H,6-9,14H2,1-5H3,(H,15,17). The minimum atomic E-state index is -0.0930. The van der Waals surface area contributed by atoms with Crippen molar-refractivity contribution in [3.05, 3.63) is 0 Å². The smallest absolute Gasteiger partial charge is 0.237 e. The molecule has 1 amide bonds. The highest BCUT2D eigenvalue weighted by atomic mass is 16.2. The number of carbonyl (C=O) groups is 1. The Labute approximate surface area is 106 Å². The Morgan fingerprint density at radius 1 is 1.29 bits per heavy atom. The molecule has 0 bridgehead atoms. The minimum Gasteiger partial charge on any atom is -0.352 e. The number of rotatable bonds is 8. The number of likely N-dealkylation sites (N-methyl/N-ethyl adjacent to an activating group) is 1. The maximum Gasteiger partial charge on any atom is 0.237 e. The van der Waals surface area contributed by atoms with Gasteiger partial charge in [0.15, 0.2) is 0 Å². The van der Waals surface area contributed by atoms with Crippen LogP contribution in [0.4, 0.5) is 0 Å². The molecule has 0 saturated carbocycles. The van der Waals surface area contributed by atoms with E-state index in [0.717, 1.165) is 19.4 Å². The van der Waals surface area contributed by atoms with E-state index in [1.54, 1.807) is 0 Å². The summed E-state index contributed by atoms with van der Waals surface area (Å²) >= 11 is 0. The highest BCUT2D eigenvalue weighted by Crippen LogP contribution is 2.03. The molecule has 0 fully saturated rings. The van der Waals surface area contributed by atoms with Crippen LogP contribution in [0.15, 0.2) is 0 Å². The minimum absolute atomic E-state index is 0.0930. The van der Waals surface area contributed by atoms with Gasteiger partial charge in [0.2, 0.25) is 5.91 Å². The third-order valence-electron chi connectivity index (χ3n) is 3.37. The fourth-order valence-electron chi connectivity index (χ4n) is 1.74. The van der Waals surface area contributed by atoms with Crippen molar-refractivity contribution in [3.8, 4) is 0 Å². The Hall–Kier alpha value is -0.610. The van der Waals surface area contributed by atoms with Crippen LogP contribution < -0.4 is 11.1 Å². The summed E-state index contributed by atoms with van der Waals surface area (Å²) in [5.41, 5.74) is 5.59. The maximum absolute atomic E-state index is 12.0. The monoisotopic (exact) mass is 243 g/mol. The second-order valence-electron chi connectivity index (χ2n) is 4.98. The first-order valence-corrected chi connectivity index (χ1v) is 6.66. The number of nitrogens with one attached hydrogen (secondary N) is 1. The lowest BCUT2D eigenvalue weighted by atomic mass is 10.1. The quantitative estimate of drug-likeness (QED) is 0.673. The average Bonchev–Trinajstić information content (AvgIpc) is 2.34. The molecule has 17 heavy (non-hydrogen) atoms. The molecule has 102 valence electrons. The zero-order valence-corrected chi connectivity index (χ0v) is 12.0. The van der Waals surface area contributed by atoms with Gasteiger partial charge in [0.25, 0.3) is 0 Å². The van der Waals surface area contributed by atoms with Gasteiger partial charge in [-0.25, -0.2) is 0 Å². The molecule has 4 heteroatoms. The van der Waals surface area contributed by atoms with Crippen LogP contribution >= 0.6 is 0 Å². The summed E-state index contributed by atoms with van der Waals surface area (Å²) < 4.78 is 0. The summed E-state index contributed by atoms with van der Waals surface area (Å²) in [6.07, 6.45) is 1.97. The number of nitrogens with two attached hydrogens (primary N) is 1. The first-order chi connectivity index (χ1) is 7.96. The summed E-state index contributed by atoms with van der Waals surface area (Å²) in [5.74, 6) is 0.536. The van der Waals surface area contributed by atoms with Crippen molar-refractivity contribution in [2.24, 2.45) is 11.7 Å². The van der Waals surface area contributed by atoms with Gasteiger partial charge in [0.1, 0.15) is 0 Å². The fourth-order valence-corrected chi connectivity index (χ4v) is 1.74. The van der Waals surface area contributed by atoms with Gasteiger partial charge in [-0.3, -0.25) is 9.69 Å². The van der Waals surface area contributed by atoms with Crippen LogP contribution in [0.2, 0.25) is 0 Å². The first-order valence-electron chi connectivity index (χ1n) is 6.66. The topological polar surface area (TPSA) is 58.4 Å². The van der Waals surface area contributed by atoms with Crippen LogP contribution in [-0.2, 0) is 4.79 Å². The second kappa shape index (κ2) is 8.48. The largest absolute Gasteiger partial charge is 0.352 e. The molecule has 0 aliphatic heterocycles. The molecule has 0 aliphatic carbocycles.